The van der Waals surface area contributed by atoms with Crippen LogP contribution in [0.2, 0.25) is 10.0 Å². The molecule has 0 aliphatic carbocycles. The summed E-state index contributed by atoms with van der Waals surface area (Å²) in [4.78, 5) is 0. The molecule has 1 rings (SSSR count). The summed E-state index contributed by atoms with van der Waals surface area (Å²) >= 11 is 12.0. The minimum absolute atomic E-state index is 0.0800. The van der Waals surface area contributed by atoms with E-state index < -0.39 is 0 Å². The van der Waals surface area contributed by atoms with Gasteiger partial charge in [-0.15, -0.1) is 0 Å². The lowest BCUT2D eigenvalue weighted by atomic mass is 10.1. The van der Waals surface area contributed by atoms with Crippen molar-refractivity contribution in [3.8, 4) is 0 Å². The lowest BCUT2D eigenvalue weighted by Crippen LogP contribution is -2.26. The van der Waals surface area contributed by atoms with Crippen LogP contribution in [0, 0.1) is 0 Å². The average Bonchev–Trinajstić information content (AvgIpc) is 1.95. The molecule has 14 heavy (non-hydrogen) atoms. The van der Waals surface area contributed by atoms with E-state index in [9.17, 15) is 0 Å². The topological polar surface area (TPSA) is 38.0 Å². The number of halogens is 2. The van der Waals surface area contributed by atoms with Crippen LogP contribution in [0.5, 0.6) is 0 Å². The highest BCUT2D eigenvalue weighted by atomic mass is 35.5. The molecule has 0 aliphatic rings. The Bertz CT molecular complexity index is 319. The highest BCUT2D eigenvalue weighted by Crippen LogP contribution is 2.34. The zero-order valence-electron chi connectivity index (χ0n) is 8.49. The van der Waals surface area contributed by atoms with Gasteiger partial charge < -0.3 is 11.1 Å². The number of anilines is 2. The van der Waals surface area contributed by atoms with Gasteiger partial charge >= 0.3 is 0 Å². The van der Waals surface area contributed by atoms with Gasteiger partial charge in [0.2, 0.25) is 0 Å². The summed E-state index contributed by atoms with van der Waals surface area (Å²) in [7, 11) is 0. The summed E-state index contributed by atoms with van der Waals surface area (Å²) < 4.78 is 0. The molecule has 0 aliphatic heterocycles. The standard InChI is InChI=1S/C10H14Cl2N2/c1-10(2,3)14-9-7(11)4-6(13)5-8(9)12/h4-5,14H,13H2,1-3H3. The minimum atomic E-state index is -0.0800. The third kappa shape index (κ3) is 2.96. The Morgan fingerprint density at radius 1 is 1.14 bits per heavy atom. The first-order valence-electron chi connectivity index (χ1n) is 4.32. The maximum Gasteiger partial charge on any atom is 0.0724 e. The first-order valence-corrected chi connectivity index (χ1v) is 5.08. The van der Waals surface area contributed by atoms with Crippen LogP contribution in [-0.4, -0.2) is 5.54 Å². The number of nitrogen functional groups attached to an aromatic ring is 1. The van der Waals surface area contributed by atoms with Crippen LogP contribution in [-0.2, 0) is 0 Å². The second-order valence-corrected chi connectivity index (χ2v) is 5.05. The van der Waals surface area contributed by atoms with Crippen molar-refractivity contribution in [1.82, 2.24) is 0 Å². The fourth-order valence-electron chi connectivity index (χ4n) is 1.09. The number of nitrogens with one attached hydrogen (secondary N) is 1. The first-order chi connectivity index (χ1) is 6.29. The Labute approximate surface area is 94.4 Å². The lowest BCUT2D eigenvalue weighted by molar-refractivity contribution is 0.634. The fraction of sp³-hybridized carbons (Fsp3) is 0.400. The van der Waals surface area contributed by atoms with E-state index in [4.69, 9.17) is 28.9 Å². The molecule has 4 heteroatoms. The van der Waals surface area contributed by atoms with Crippen molar-refractivity contribution in [2.45, 2.75) is 26.3 Å². The van der Waals surface area contributed by atoms with E-state index >= 15 is 0 Å². The SMILES string of the molecule is CC(C)(C)Nc1c(Cl)cc(N)cc1Cl. The second-order valence-electron chi connectivity index (χ2n) is 4.23. The Kier molecular flexibility index (Phi) is 3.17. The summed E-state index contributed by atoms with van der Waals surface area (Å²) in [6.07, 6.45) is 0. The summed E-state index contributed by atoms with van der Waals surface area (Å²) in [6, 6.07) is 3.36. The molecule has 1 aromatic rings. The lowest BCUT2D eigenvalue weighted by Gasteiger charge is -2.24. The molecule has 0 unspecified atom stereocenters. The largest absolute Gasteiger partial charge is 0.399 e. The quantitative estimate of drug-likeness (QED) is 0.724. The van der Waals surface area contributed by atoms with Crippen LogP contribution < -0.4 is 11.1 Å². The minimum Gasteiger partial charge on any atom is -0.399 e. The molecule has 0 amide bonds. The summed E-state index contributed by atoms with van der Waals surface area (Å²) in [5.41, 5.74) is 6.82. The molecule has 0 saturated carbocycles. The van der Waals surface area contributed by atoms with Crippen molar-refractivity contribution in [2.24, 2.45) is 0 Å². The number of nitrogens with two attached hydrogens (primary N) is 1. The molecule has 0 bridgehead atoms. The third-order valence-corrected chi connectivity index (χ3v) is 2.16. The summed E-state index contributed by atoms with van der Waals surface area (Å²) in [6.45, 7) is 6.11. The van der Waals surface area contributed by atoms with Crippen molar-refractivity contribution < 1.29 is 0 Å². The third-order valence-electron chi connectivity index (χ3n) is 1.56. The van der Waals surface area contributed by atoms with Crippen LogP contribution in [0.4, 0.5) is 11.4 Å². The molecular weight excluding hydrogens is 219 g/mol. The monoisotopic (exact) mass is 232 g/mol. The predicted octanol–water partition coefficient (Wildman–Crippen LogP) is 3.79. The van der Waals surface area contributed by atoms with Crippen LogP contribution in [0.1, 0.15) is 20.8 Å². The van der Waals surface area contributed by atoms with E-state index in [1.807, 2.05) is 20.8 Å². The van der Waals surface area contributed by atoms with Crippen LogP contribution in [0.25, 0.3) is 0 Å². The number of rotatable bonds is 1. The summed E-state index contributed by atoms with van der Waals surface area (Å²) in [5.74, 6) is 0. The first kappa shape index (κ1) is 11.5. The van der Waals surface area contributed by atoms with Crippen molar-refractivity contribution in [2.75, 3.05) is 11.1 Å². The van der Waals surface area contributed by atoms with E-state index in [1.165, 1.54) is 0 Å². The molecule has 0 radical (unpaired) electrons. The molecular formula is C10H14Cl2N2. The second kappa shape index (κ2) is 3.87. The van der Waals surface area contributed by atoms with Gasteiger partial charge in [-0.1, -0.05) is 23.2 Å². The van der Waals surface area contributed by atoms with Crippen LogP contribution in [0.3, 0.4) is 0 Å². The molecule has 0 aromatic heterocycles. The van der Waals surface area contributed by atoms with Gasteiger partial charge in [0.05, 0.1) is 15.7 Å². The van der Waals surface area contributed by atoms with Gasteiger partial charge in [0, 0.05) is 11.2 Å². The number of benzene rings is 1. The van der Waals surface area contributed by atoms with Gasteiger partial charge in [0.1, 0.15) is 0 Å². The van der Waals surface area contributed by atoms with E-state index in [2.05, 4.69) is 5.32 Å². The van der Waals surface area contributed by atoms with E-state index in [-0.39, 0.29) is 5.54 Å². The normalized spacial score (nSPS) is 11.5. The zero-order chi connectivity index (χ0) is 10.9. The molecule has 0 spiro atoms. The molecule has 0 saturated heterocycles. The smallest absolute Gasteiger partial charge is 0.0724 e. The van der Waals surface area contributed by atoms with Crippen LogP contribution >= 0.6 is 23.2 Å². The molecule has 0 atom stereocenters. The molecule has 0 fully saturated rings. The maximum absolute atomic E-state index is 6.01. The number of hydrogen-bond donors (Lipinski definition) is 2. The molecule has 2 nitrogen and oxygen atoms in total. The summed E-state index contributed by atoms with van der Waals surface area (Å²) in [5, 5.41) is 4.32. The Morgan fingerprint density at radius 2 is 1.57 bits per heavy atom. The predicted molar refractivity (Wildman–Crippen MR) is 64.3 cm³/mol. The van der Waals surface area contributed by atoms with Gasteiger partial charge in [-0.05, 0) is 32.9 Å². The van der Waals surface area contributed by atoms with Crippen molar-refractivity contribution in [3.63, 3.8) is 0 Å². The molecule has 0 heterocycles. The highest BCUT2D eigenvalue weighted by molar-refractivity contribution is 6.39. The molecule has 1 aromatic carbocycles. The van der Waals surface area contributed by atoms with E-state index in [0.29, 0.717) is 15.7 Å². The number of hydrogen-bond acceptors (Lipinski definition) is 2. The Balaban J connectivity index is 3.09. The molecule has 3 N–H and O–H groups in total. The van der Waals surface area contributed by atoms with Crippen molar-refractivity contribution in [3.05, 3.63) is 22.2 Å². The average molecular weight is 233 g/mol. The van der Waals surface area contributed by atoms with Gasteiger partial charge in [-0.2, -0.15) is 0 Å². The van der Waals surface area contributed by atoms with Crippen LogP contribution in [0.15, 0.2) is 12.1 Å². The fourth-order valence-corrected chi connectivity index (χ4v) is 1.69. The Morgan fingerprint density at radius 3 is 1.93 bits per heavy atom. The van der Waals surface area contributed by atoms with Crippen molar-refractivity contribution >= 4 is 34.6 Å². The zero-order valence-corrected chi connectivity index (χ0v) is 10.00. The van der Waals surface area contributed by atoms with Crippen molar-refractivity contribution in [1.29, 1.82) is 0 Å². The van der Waals surface area contributed by atoms with Gasteiger partial charge in [0.15, 0.2) is 0 Å². The highest BCUT2D eigenvalue weighted by Gasteiger charge is 2.14. The van der Waals surface area contributed by atoms with Gasteiger partial charge in [-0.3, -0.25) is 0 Å². The maximum atomic E-state index is 6.01. The van der Waals surface area contributed by atoms with E-state index in [1.54, 1.807) is 12.1 Å². The van der Waals surface area contributed by atoms with Gasteiger partial charge in [0.25, 0.3) is 0 Å². The van der Waals surface area contributed by atoms with Gasteiger partial charge in [-0.25, -0.2) is 0 Å². The molecule has 78 valence electrons. The Hall–Kier alpha value is -0.600. The van der Waals surface area contributed by atoms with E-state index in [0.717, 1.165) is 5.69 Å².